The Morgan fingerprint density at radius 1 is 1.42 bits per heavy atom. The summed E-state index contributed by atoms with van der Waals surface area (Å²) in [5.74, 6) is -2.07. The van der Waals surface area contributed by atoms with Crippen molar-refractivity contribution in [3.05, 3.63) is 28.5 Å². The minimum atomic E-state index is -1.23. The van der Waals surface area contributed by atoms with E-state index in [1.165, 1.54) is 18.5 Å². The summed E-state index contributed by atoms with van der Waals surface area (Å²) in [4.78, 5) is 24.9. The molecular weight excluding hydrogens is 224 g/mol. The monoisotopic (exact) mass is 227 g/mol. The largest absolute Gasteiger partial charge is 0.310 e. The smallest absolute Gasteiger partial charge is 0.283 e. The fourth-order valence-corrected chi connectivity index (χ4v) is 1.03. The van der Waals surface area contributed by atoms with E-state index in [0.29, 0.717) is 4.47 Å². The lowest BCUT2D eigenvalue weighted by molar-refractivity contribution is -0.114. The number of nitrogens with one attached hydrogen (secondary N) is 1. The van der Waals surface area contributed by atoms with Crippen LogP contribution >= 0.6 is 15.9 Å². The van der Waals surface area contributed by atoms with E-state index in [-0.39, 0.29) is 5.56 Å². The van der Waals surface area contributed by atoms with Crippen LogP contribution in [0, 0.1) is 0 Å². The molecule has 61 valence electrons. The van der Waals surface area contributed by atoms with Crippen LogP contribution in [0.3, 0.4) is 0 Å². The van der Waals surface area contributed by atoms with Crippen LogP contribution in [-0.2, 0) is 4.79 Å². The highest BCUT2D eigenvalue weighted by molar-refractivity contribution is 9.10. The van der Waals surface area contributed by atoms with Gasteiger partial charge in [0.2, 0.25) is 0 Å². The van der Waals surface area contributed by atoms with Crippen LogP contribution in [0.5, 0.6) is 0 Å². The van der Waals surface area contributed by atoms with E-state index in [4.69, 9.17) is 5.73 Å². The number of amides is 1. The maximum absolute atomic E-state index is 10.9. The van der Waals surface area contributed by atoms with Gasteiger partial charge >= 0.3 is 5.91 Å². The van der Waals surface area contributed by atoms with Gasteiger partial charge in [-0.2, -0.15) is 0 Å². The fourth-order valence-electron chi connectivity index (χ4n) is 0.667. The molecule has 0 saturated carbocycles. The lowest BCUT2D eigenvalue weighted by Crippen LogP contribution is -2.14. The molecule has 1 radical (unpaired) electrons. The van der Waals surface area contributed by atoms with Gasteiger partial charge in [0.05, 0.1) is 0 Å². The van der Waals surface area contributed by atoms with Gasteiger partial charge in [-0.3, -0.25) is 20.3 Å². The van der Waals surface area contributed by atoms with Gasteiger partial charge in [0.25, 0.3) is 5.78 Å². The highest BCUT2D eigenvalue weighted by Crippen LogP contribution is 2.09. The van der Waals surface area contributed by atoms with Gasteiger partial charge in [-0.05, 0) is 22.0 Å². The second-order valence-electron chi connectivity index (χ2n) is 2.05. The van der Waals surface area contributed by atoms with Crippen molar-refractivity contribution in [1.29, 1.82) is 0 Å². The molecule has 0 fully saturated rings. The highest BCUT2D eigenvalue weighted by atomic mass is 79.9. The first kappa shape index (κ1) is 8.86. The van der Waals surface area contributed by atoms with Crippen molar-refractivity contribution >= 4 is 27.6 Å². The minimum Gasteiger partial charge on any atom is -0.283 e. The predicted octanol–water partition coefficient (Wildman–Crippen LogP) is 0.836. The van der Waals surface area contributed by atoms with Gasteiger partial charge in [-0.1, -0.05) is 0 Å². The number of carbonyl (C=O) groups is 2. The molecule has 1 amide bonds. The molecule has 4 nitrogen and oxygen atoms in total. The summed E-state index contributed by atoms with van der Waals surface area (Å²) in [6.07, 6.45) is 2.74. The second-order valence-corrected chi connectivity index (χ2v) is 2.97. The van der Waals surface area contributed by atoms with Gasteiger partial charge in [0.1, 0.15) is 0 Å². The number of aromatic nitrogens is 1. The average Bonchev–Trinajstić information content (AvgIpc) is 2.03. The molecule has 1 heterocycles. The normalized spacial score (nSPS) is 9.42. The summed E-state index contributed by atoms with van der Waals surface area (Å²) in [5.41, 5.74) is 6.69. The van der Waals surface area contributed by atoms with Crippen molar-refractivity contribution in [1.82, 2.24) is 10.7 Å². The third-order valence-electron chi connectivity index (χ3n) is 1.17. The van der Waals surface area contributed by atoms with Gasteiger partial charge in [0.15, 0.2) is 0 Å². The summed E-state index contributed by atoms with van der Waals surface area (Å²) < 4.78 is 0.606. The van der Waals surface area contributed by atoms with Gasteiger partial charge in [0, 0.05) is 22.4 Å². The van der Waals surface area contributed by atoms with Crippen molar-refractivity contribution in [2.45, 2.75) is 0 Å². The molecule has 0 spiro atoms. The maximum Gasteiger partial charge on any atom is 0.310 e. The Morgan fingerprint density at radius 2 is 2.08 bits per heavy atom. The summed E-state index contributed by atoms with van der Waals surface area (Å²) in [5, 5.41) is 0. The first-order valence-corrected chi connectivity index (χ1v) is 3.81. The molecule has 0 aliphatic rings. The first-order chi connectivity index (χ1) is 5.61. The number of halogens is 1. The molecule has 0 aliphatic carbocycles. The molecule has 1 N–H and O–H groups in total. The third-order valence-corrected chi connectivity index (χ3v) is 1.61. The highest BCUT2D eigenvalue weighted by Gasteiger charge is 2.12. The lowest BCUT2D eigenvalue weighted by Gasteiger charge is -1.94. The number of pyridine rings is 1. The average molecular weight is 228 g/mol. The Labute approximate surface area is 76.9 Å². The molecule has 1 aromatic rings. The van der Waals surface area contributed by atoms with E-state index < -0.39 is 11.7 Å². The Hall–Kier alpha value is -1.23. The van der Waals surface area contributed by atoms with Crippen LogP contribution in [0.15, 0.2) is 22.9 Å². The Balaban J connectivity index is 3.04. The van der Waals surface area contributed by atoms with E-state index >= 15 is 0 Å². The molecule has 0 atom stereocenters. The summed E-state index contributed by atoms with van der Waals surface area (Å²) in [6.45, 7) is 0. The first-order valence-electron chi connectivity index (χ1n) is 3.02. The fraction of sp³-hybridized carbons (Fsp3) is 0. The Kier molecular flexibility index (Phi) is 2.54. The molecule has 1 aromatic heterocycles. The summed E-state index contributed by atoms with van der Waals surface area (Å²) in [7, 11) is 0. The summed E-state index contributed by atoms with van der Waals surface area (Å²) in [6, 6.07) is 1.45. The number of Topliss-reactive ketones (excluding diaryl/α,β-unsaturated/α-hetero) is 1. The number of hydrogen-bond acceptors (Lipinski definition) is 3. The van der Waals surface area contributed by atoms with Crippen molar-refractivity contribution in [3.63, 3.8) is 0 Å². The van der Waals surface area contributed by atoms with Crippen LogP contribution in [0.1, 0.15) is 10.4 Å². The molecule has 0 saturated heterocycles. The van der Waals surface area contributed by atoms with E-state index in [0.717, 1.165) is 0 Å². The quantitative estimate of drug-likeness (QED) is 0.556. The maximum atomic E-state index is 10.9. The van der Waals surface area contributed by atoms with Crippen LogP contribution in [-0.4, -0.2) is 16.7 Å². The Morgan fingerprint density at radius 3 is 2.58 bits per heavy atom. The third kappa shape index (κ3) is 1.88. The Bertz CT molecular complexity index is 338. The molecule has 5 heteroatoms. The van der Waals surface area contributed by atoms with E-state index in [1.807, 2.05) is 0 Å². The number of carbonyl (C=O) groups excluding carboxylic acids is 2. The lowest BCUT2D eigenvalue weighted by atomic mass is 10.2. The molecule has 0 bridgehead atoms. The van der Waals surface area contributed by atoms with Crippen LogP contribution in [0.2, 0.25) is 0 Å². The molecule has 0 unspecified atom stereocenters. The van der Waals surface area contributed by atoms with Gasteiger partial charge in [-0.15, -0.1) is 0 Å². The molecular formula is C7H4BrN2O2. The SMILES string of the molecule is [NH]C(=O)C(=O)c1cncc(Br)c1. The number of hydrogen-bond donors (Lipinski definition) is 0. The van der Waals surface area contributed by atoms with Crippen molar-refractivity contribution in [2.75, 3.05) is 0 Å². The zero-order chi connectivity index (χ0) is 9.14. The second kappa shape index (κ2) is 3.44. The van der Waals surface area contributed by atoms with E-state index in [1.54, 1.807) is 0 Å². The number of ketones is 1. The number of rotatable bonds is 2. The standard InChI is InChI=1S/C7H4BrN2O2/c8-5-1-4(2-10-3-5)6(11)7(9)12/h1-3,9H. The van der Waals surface area contributed by atoms with Crippen molar-refractivity contribution < 1.29 is 9.59 Å². The predicted molar refractivity (Wildman–Crippen MR) is 44.4 cm³/mol. The van der Waals surface area contributed by atoms with Gasteiger partial charge in [-0.25, -0.2) is 0 Å². The van der Waals surface area contributed by atoms with Gasteiger partial charge < -0.3 is 0 Å². The zero-order valence-corrected chi connectivity index (χ0v) is 7.46. The molecule has 1 rings (SSSR count). The van der Waals surface area contributed by atoms with Crippen molar-refractivity contribution in [3.8, 4) is 0 Å². The van der Waals surface area contributed by atoms with Crippen LogP contribution < -0.4 is 5.73 Å². The molecule has 0 aromatic carbocycles. The minimum absolute atomic E-state index is 0.129. The summed E-state index contributed by atoms with van der Waals surface area (Å²) >= 11 is 3.09. The van der Waals surface area contributed by atoms with E-state index in [9.17, 15) is 9.59 Å². The molecule has 0 aliphatic heterocycles. The van der Waals surface area contributed by atoms with E-state index in [2.05, 4.69) is 20.9 Å². The topological polar surface area (TPSA) is 70.8 Å². The molecule has 12 heavy (non-hydrogen) atoms. The van der Waals surface area contributed by atoms with Crippen molar-refractivity contribution in [2.24, 2.45) is 0 Å². The zero-order valence-electron chi connectivity index (χ0n) is 5.87. The van der Waals surface area contributed by atoms with Crippen LogP contribution in [0.4, 0.5) is 0 Å². The number of nitrogens with zero attached hydrogens (tertiary/aromatic N) is 1. The van der Waals surface area contributed by atoms with Crippen LogP contribution in [0.25, 0.3) is 0 Å².